The molecule has 7 heteroatoms. The average Bonchev–Trinajstić information content (AvgIpc) is 3.04. The van der Waals surface area contributed by atoms with Crippen molar-refractivity contribution in [1.29, 1.82) is 0 Å². The third-order valence-electron chi connectivity index (χ3n) is 3.27. The molecule has 122 valence electrons. The van der Waals surface area contributed by atoms with Gasteiger partial charge >= 0.3 is 0 Å². The van der Waals surface area contributed by atoms with E-state index in [9.17, 15) is 4.79 Å². The Morgan fingerprint density at radius 2 is 1.83 bits per heavy atom. The number of aromatic nitrogens is 2. The van der Waals surface area contributed by atoms with Crippen LogP contribution in [0.25, 0.3) is 11.3 Å². The van der Waals surface area contributed by atoms with Gasteiger partial charge in [-0.15, -0.1) is 0 Å². The average molecular weight is 344 g/mol. The summed E-state index contributed by atoms with van der Waals surface area (Å²) in [5.41, 5.74) is 1.65. The van der Waals surface area contributed by atoms with Crippen molar-refractivity contribution in [3.05, 3.63) is 59.1 Å². The van der Waals surface area contributed by atoms with Crippen LogP contribution in [-0.4, -0.2) is 22.8 Å². The van der Waals surface area contributed by atoms with Crippen molar-refractivity contribution in [3.8, 4) is 17.0 Å². The van der Waals surface area contributed by atoms with Gasteiger partial charge in [-0.3, -0.25) is 4.79 Å². The Labute approximate surface area is 143 Å². The molecule has 0 bridgehead atoms. The third kappa shape index (κ3) is 3.55. The molecule has 24 heavy (non-hydrogen) atoms. The van der Waals surface area contributed by atoms with E-state index in [1.807, 2.05) is 6.92 Å². The van der Waals surface area contributed by atoms with E-state index in [-0.39, 0.29) is 11.7 Å². The van der Waals surface area contributed by atoms with E-state index in [4.69, 9.17) is 21.0 Å². The number of ether oxygens (including phenoxy) is 1. The maximum atomic E-state index is 12.3. The smallest absolute Gasteiger partial charge is 0.256 e. The molecule has 0 aliphatic heterocycles. The Hall–Kier alpha value is -2.86. The summed E-state index contributed by atoms with van der Waals surface area (Å²) in [4.78, 5) is 12.3. The van der Waals surface area contributed by atoms with Gasteiger partial charge in [-0.1, -0.05) is 23.7 Å². The number of amides is 1. The SMILES string of the molecule is CCOc1ccc(C(=O)Nc2nonc2-c2ccc(Cl)cc2)cc1. The maximum Gasteiger partial charge on any atom is 0.256 e. The highest BCUT2D eigenvalue weighted by Crippen LogP contribution is 2.26. The Morgan fingerprint density at radius 3 is 2.50 bits per heavy atom. The number of hydrogen-bond acceptors (Lipinski definition) is 5. The molecule has 1 heterocycles. The summed E-state index contributed by atoms with van der Waals surface area (Å²) in [5.74, 6) is 0.638. The van der Waals surface area contributed by atoms with Crippen molar-refractivity contribution < 1.29 is 14.2 Å². The fourth-order valence-corrected chi connectivity index (χ4v) is 2.24. The molecular formula is C17H14ClN3O3. The second-order valence-corrected chi connectivity index (χ2v) is 5.32. The van der Waals surface area contributed by atoms with E-state index in [1.165, 1.54) is 0 Å². The van der Waals surface area contributed by atoms with Crippen molar-refractivity contribution in [3.63, 3.8) is 0 Å². The number of carbonyl (C=O) groups is 1. The van der Waals surface area contributed by atoms with Gasteiger partial charge in [0, 0.05) is 16.1 Å². The summed E-state index contributed by atoms with van der Waals surface area (Å²) in [6.07, 6.45) is 0. The molecule has 0 unspecified atom stereocenters. The van der Waals surface area contributed by atoms with Gasteiger partial charge in [-0.2, -0.15) is 0 Å². The third-order valence-corrected chi connectivity index (χ3v) is 3.52. The standard InChI is InChI=1S/C17H14ClN3O3/c1-2-23-14-9-5-12(6-10-14)17(22)19-16-15(20-24-21-16)11-3-7-13(18)8-4-11/h3-10H,2H2,1H3,(H,19,21,22). The Balaban J connectivity index is 1.78. The molecule has 0 saturated heterocycles. The summed E-state index contributed by atoms with van der Waals surface area (Å²) in [7, 11) is 0. The minimum Gasteiger partial charge on any atom is -0.494 e. The van der Waals surface area contributed by atoms with Crippen LogP contribution in [0.5, 0.6) is 5.75 Å². The lowest BCUT2D eigenvalue weighted by Crippen LogP contribution is -2.12. The van der Waals surface area contributed by atoms with E-state index in [0.29, 0.717) is 28.6 Å². The fraction of sp³-hybridized carbons (Fsp3) is 0.118. The first-order valence-electron chi connectivity index (χ1n) is 7.30. The highest BCUT2D eigenvalue weighted by molar-refractivity contribution is 6.30. The topological polar surface area (TPSA) is 77.2 Å². The van der Waals surface area contributed by atoms with Crippen molar-refractivity contribution in [2.45, 2.75) is 6.92 Å². The lowest BCUT2D eigenvalue weighted by atomic mass is 10.1. The number of nitrogens with zero attached hydrogens (tertiary/aromatic N) is 2. The summed E-state index contributed by atoms with van der Waals surface area (Å²) in [6.45, 7) is 2.47. The normalized spacial score (nSPS) is 10.4. The van der Waals surface area contributed by atoms with Crippen molar-refractivity contribution >= 4 is 23.3 Å². The summed E-state index contributed by atoms with van der Waals surface area (Å²) < 4.78 is 10.1. The largest absolute Gasteiger partial charge is 0.494 e. The van der Waals surface area contributed by atoms with Crippen LogP contribution in [-0.2, 0) is 0 Å². The lowest BCUT2D eigenvalue weighted by molar-refractivity contribution is 0.102. The van der Waals surface area contributed by atoms with Gasteiger partial charge in [0.05, 0.1) is 6.61 Å². The van der Waals surface area contributed by atoms with E-state index in [0.717, 1.165) is 5.56 Å². The van der Waals surface area contributed by atoms with Crippen LogP contribution in [0.15, 0.2) is 53.2 Å². The molecule has 2 aromatic carbocycles. The van der Waals surface area contributed by atoms with Crippen LogP contribution in [0.3, 0.4) is 0 Å². The van der Waals surface area contributed by atoms with Crippen LogP contribution < -0.4 is 10.1 Å². The van der Waals surface area contributed by atoms with E-state index < -0.39 is 0 Å². The summed E-state index contributed by atoms with van der Waals surface area (Å²) in [6, 6.07) is 13.8. The molecule has 0 atom stereocenters. The van der Waals surface area contributed by atoms with Crippen molar-refractivity contribution in [2.75, 3.05) is 11.9 Å². The van der Waals surface area contributed by atoms with Crippen molar-refractivity contribution in [1.82, 2.24) is 10.3 Å². The molecular weight excluding hydrogens is 330 g/mol. The highest BCUT2D eigenvalue weighted by atomic mass is 35.5. The summed E-state index contributed by atoms with van der Waals surface area (Å²) >= 11 is 5.87. The van der Waals surface area contributed by atoms with E-state index in [2.05, 4.69) is 15.6 Å². The first-order valence-corrected chi connectivity index (χ1v) is 7.68. The minimum absolute atomic E-state index is 0.246. The second-order valence-electron chi connectivity index (χ2n) is 4.88. The van der Waals surface area contributed by atoms with Gasteiger partial charge in [0.2, 0.25) is 5.82 Å². The molecule has 0 radical (unpaired) electrons. The van der Waals surface area contributed by atoms with Gasteiger partial charge in [0.25, 0.3) is 5.91 Å². The predicted octanol–water partition coefficient (Wildman–Crippen LogP) is 4.04. The van der Waals surface area contributed by atoms with Crippen LogP contribution in [0.2, 0.25) is 5.02 Å². The number of nitrogens with one attached hydrogen (secondary N) is 1. The Bertz CT molecular complexity index is 829. The predicted molar refractivity (Wildman–Crippen MR) is 90.3 cm³/mol. The van der Waals surface area contributed by atoms with E-state index >= 15 is 0 Å². The zero-order valence-corrected chi connectivity index (χ0v) is 13.6. The Kier molecular flexibility index (Phi) is 4.77. The molecule has 0 aliphatic carbocycles. The molecule has 0 fully saturated rings. The minimum atomic E-state index is -0.316. The van der Waals surface area contributed by atoms with Gasteiger partial charge in [-0.05, 0) is 53.6 Å². The van der Waals surface area contributed by atoms with Crippen LogP contribution in [0.1, 0.15) is 17.3 Å². The molecule has 3 rings (SSSR count). The number of benzene rings is 2. The molecule has 1 amide bonds. The van der Waals surface area contributed by atoms with E-state index in [1.54, 1.807) is 48.5 Å². The zero-order chi connectivity index (χ0) is 16.9. The molecule has 0 saturated carbocycles. The van der Waals surface area contributed by atoms with Gasteiger partial charge in [0.15, 0.2) is 5.69 Å². The lowest BCUT2D eigenvalue weighted by Gasteiger charge is -2.05. The number of rotatable bonds is 5. The molecule has 3 aromatic rings. The zero-order valence-electron chi connectivity index (χ0n) is 12.8. The maximum absolute atomic E-state index is 12.3. The number of anilines is 1. The molecule has 1 aromatic heterocycles. The van der Waals surface area contributed by atoms with Gasteiger partial charge in [0.1, 0.15) is 5.75 Å². The van der Waals surface area contributed by atoms with Crippen LogP contribution in [0.4, 0.5) is 5.82 Å². The number of halogens is 1. The van der Waals surface area contributed by atoms with Crippen LogP contribution in [0, 0.1) is 0 Å². The first-order chi connectivity index (χ1) is 11.7. The highest BCUT2D eigenvalue weighted by Gasteiger charge is 2.16. The van der Waals surface area contributed by atoms with Gasteiger partial charge < -0.3 is 10.1 Å². The quantitative estimate of drug-likeness (QED) is 0.756. The van der Waals surface area contributed by atoms with Crippen LogP contribution >= 0.6 is 11.6 Å². The number of hydrogen-bond donors (Lipinski definition) is 1. The molecule has 6 nitrogen and oxygen atoms in total. The van der Waals surface area contributed by atoms with Crippen molar-refractivity contribution in [2.24, 2.45) is 0 Å². The van der Waals surface area contributed by atoms with Gasteiger partial charge in [-0.25, -0.2) is 4.63 Å². The molecule has 1 N–H and O–H groups in total. The second kappa shape index (κ2) is 7.14. The Morgan fingerprint density at radius 1 is 1.12 bits per heavy atom. The fourth-order valence-electron chi connectivity index (χ4n) is 2.12. The molecule has 0 aliphatic rings. The summed E-state index contributed by atoms with van der Waals surface area (Å²) in [5, 5.41) is 10.9. The monoisotopic (exact) mass is 343 g/mol. The first kappa shape index (κ1) is 16.0. The molecule has 0 spiro atoms. The number of carbonyl (C=O) groups excluding carboxylic acids is 1.